The third-order valence-electron chi connectivity index (χ3n) is 3.87. The number of carbonyl (C=O) groups excluding carboxylic acids is 1. The van der Waals surface area contributed by atoms with Gasteiger partial charge in [0.1, 0.15) is 0 Å². The van der Waals surface area contributed by atoms with Gasteiger partial charge in [0.05, 0.1) is 0 Å². The maximum atomic E-state index is 12.1. The number of likely N-dealkylation sites (N-methyl/N-ethyl adjacent to an activating group) is 1. The van der Waals surface area contributed by atoms with Crippen LogP contribution in [-0.2, 0) is 6.42 Å². The highest BCUT2D eigenvalue weighted by Gasteiger charge is 2.25. The Morgan fingerprint density at radius 1 is 1.05 bits per heavy atom. The van der Waals surface area contributed by atoms with Gasteiger partial charge in [-0.2, -0.15) is 0 Å². The Hall–Kier alpha value is -1.51. The summed E-state index contributed by atoms with van der Waals surface area (Å²) < 4.78 is 0. The van der Waals surface area contributed by atoms with Crippen LogP contribution in [-0.4, -0.2) is 37.5 Å². The second-order valence-electron chi connectivity index (χ2n) is 4.97. The Balaban J connectivity index is 0.000000637. The zero-order chi connectivity index (χ0) is 13.8. The number of fused-ring (bicyclic) bond motifs is 1. The number of benzene rings is 1. The second kappa shape index (κ2) is 6.09. The van der Waals surface area contributed by atoms with Gasteiger partial charge in [-0.25, -0.2) is 0 Å². The number of amides is 1. The van der Waals surface area contributed by atoms with Gasteiger partial charge in [0.15, 0.2) is 0 Å². The topological polar surface area (TPSA) is 23.6 Å². The van der Waals surface area contributed by atoms with E-state index in [1.165, 1.54) is 24.1 Å². The number of carbonyl (C=O) groups is 1. The predicted molar refractivity (Wildman–Crippen MR) is 79.9 cm³/mol. The average Bonchev–Trinajstić information content (AvgIpc) is 2.99. The van der Waals surface area contributed by atoms with Crippen molar-refractivity contribution in [3.8, 4) is 0 Å². The highest BCUT2D eigenvalue weighted by molar-refractivity contribution is 5.98. The molecule has 0 N–H and O–H groups in total. The molecule has 0 aromatic heterocycles. The Bertz CT molecular complexity index is 450. The molecule has 2 aliphatic heterocycles. The van der Waals surface area contributed by atoms with Crippen molar-refractivity contribution in [2.24, 2.45) is 0 Å². The quantitative estimate of drug-likeness (QED) is 0.775. The molecule has 3 heteroatoms. The van der Waals surface area contributed by atoms with E-state index in [9.17, 15) is 4.79 Å². The first-order valence-corrected chi connectivity index (χ1v) is 7.39. The summed E-state index contributed by atoms with van der Waals surface area (Å²) in [6, 6.07) is 6.15. The van der Waals surface area contributed by atoms with Crippen molar-refractivity contribution in [3.63, 3.8) is 0 Å². The molecule has 1 fully saturated rings. The fraction of sp³-hybridized carbons (Fsp3) is 0.562. The normalized spacial score (nSPS) is 17.9. The number of nitrogens with zero attached hydrogens (tertiary/aromatic N) is 2. The van der Waals surface area contributed by atoms with Gasteiger partial charge < -0.3 is 9.80 Å². The molecule has 0 atom stereocenters. The van der Waals surface area contributed by atoms with E-state index in [1.807, 2.05) is 37.9 Å². The average molecular weight is 260 g/mol. The number of hydrogen-bond acceptors (Lipinski definition) is 2. The number of hydrogen-bond donors (Lipinski definition) is 0. The third kappa shape index (κ3) is 2.60. The van der Waals surface area contributed by atoms with Crippen LogP contribution in [0.25, 0.3) is 0 Å². The van der Waals surface area contributed by atoms with Crippen LogP contribution in [0, 0.1) is 0 Å². The molecule has 0 unspecified atom stereocenters. The van der Waals surface area contributed by atoms with Crippen molar-refractivity contribution in [1.29, 1.82) is 0 Å². The molecule has 2 aliphatic rings. The minimum Gasteiger partial charge on any atom is -0.371 e. The fourth-order valence-electron chi connectivity index (χ4n) is 2.88. The SMILES string of the molecule is CC.CN1CCc2c(cccc2N2CCCC2)C1=O. The highest BCUT2D eigenvalue weighted by atomic mass is 16.2. The smallest absolute Gasteiger partial charge is 0.253 e. The summed E-state index contributed by atoms with van der Waals surface area (Å²) in [6.45, 7) is 7.12. The molecule has 19 heavy (non-hydrogen) atoms. The molecule has 1 aromatic carbocycles. The van der Waals surface area contributed by atoms with E-state index in [-0.39, 0.29) is 5.91 Å². The van der Waals surface area contributed by atoms with Crippen molar-refractivity contribution in [2.45, 2.75) is 33.1 Å². The lowest BCUT2D eigenvalue weighted by Crippen LogP contribution is -2.35. The summed E-state index contributed by atoms with van der Waals surface area (Å²) in [4.78, 5) is 16.3. The summed E-state index contributed by atoms with van der Waals surface area (Å²) in [5.41, 5.74) is 3.46. The Kier molecular flexibility index (Phi) is 4.46. The highest BCUT2D eigenvalue weighted by Crippen LogP contribution is 2.30. The van der Waals surface area contributed by atoms with Crippen molar-refractivity contribution >= 4 is 11.6 Å². The lowest BCUT2D eigenvalue weighted by atomic mass is 9.97. The maximum Gasteiger partial charge on any atom is 0.253 e. The van der Waals surface area contributed by atoms with Crippen molar-refractivity contribution in [1.82, 2.24) is 4.90 Å². The largest absolute Gasteiger partial charge is 0.371 e. The van der Waals surface area contributed by atoms with E-state index in [1.54, 1.807) is 0 Å². The lowest BCUT2D eigenvalue weighted by Gasteiger charge is -2.29. The molecule has 0 bridgehead atoms. The Labute approximate surface area is 116 Å². The van der Waals surface area contributed by atoms with Crippen LogP contribution >= 0.6 is 0 Å². The van der Waals surface area contributed by atoms with E-state index in [2.05, 4.69) is 11.0 Å². The van der Waals surface area contributed by atoms with Crippen molar-refractivity contribution in [2.75, 3.05) is 31.6 Å². The molecular formula is C16H24N2O. The Morgan fingerprint density at radius 2 is 1.74 bits per heavy atom. The molecule has 0 saturated carbocycles. The molecule has 3 nitrogen and oxygen atoms in total. The molecular weight excluding hydrogens is 236 g/mol. The molecule has 104 valence electrons. The van der Waals surface area contributed by atoms with Gasteiger partial charge in [0, 0.05) is 37.9 Å². The molecule has 0 spiro atoms. The third-order valence-corrected chi connectivity index (χ3v) is 3.87. The minimum atomic E-state index is 0.173. The molecule has 1 aromatic rings. The zero-order valence-corrected chi connectivity index (χ0v) is 12.3. The summed E-state index contributed by atoms with van der Waals surface area (Å²) in [5.74, 6) is 0.173. The summed E-state index contributed by atoms with van der Waals surface area (Å²) in [7, 11) is 1.88. The Morgan fingerprint density at radius 3 is 2.42 bits per heavy atom. The van der Waals surface area contributed by atoms with Crippen LogP contribution in [0.5, 0.6) is 0 Å². The van der Waals surface area contributed by atoms with Gasteiger partial charge in [-0.15, -0.1) is 0 Å². The number of anilines is 1. The maximum absolute atomic E-state index is 12.1. The molecule has 3 rings (SSSR count). The van der Waals surface area contributed by atoms with E-state index in [0.29, 0.717) is 0 Å². The van der Waals surface area contributed by atoms with Crippen LogP contribution in [0.2, 0.25) is 0 Å². The molecule has 2 heterocycles. The summed E-state index contributed by atoms with van der Waals surface area (Å²) in [5, 5.41) is 0. The minimum absolute atomic E-state index is 0.173. The molecule has 0 radical (unpaired) electrons. The van der Waals surface area contributed by atoms with Gasteiger partial charge in [-0.3, -0.25) is 4.79 Å². The van der Waals surface area contributed by atoms with Crippen LogP contribution in [0.3, 0.4) is 0 Å². The fourth-order valence-corrected chi connectivity index (χ4v) is 2.88. The van der Waals surface area contributed by atoms with Crippen molar-refractivity contribution in [3.05, 3.63) is 29.3 Å². The van der Waals surface area contributed by atoms with E-state index in [0.717, 1.165) is 31.6 Å². The monoisotopic (exact) mass is 260 g/mol. The van der Waals surface area contributed by atoms with E-state index >= 15 is 0 Å². The van der Waals surface area contributed by atoms with Gasteiger partial charge in [-0.1, -0.05) is 19.9 Å². The van der Waals surface area contributed by atoms with E-state index in [4.69, 9.17) is 0 Å². The van der Waals surface area contributed by atoms with Crippen LogP contribution in [0.15, 0.2) is 18.2 Å². The van der Waals surface area contributed by atoms with Gasteiger partial charge >= 0.3 is 0 Å². The van der Waals surface area contributed by atoms with Gasteiger partial charge in [-0.05, 0) is 37.0 Å². The first-order valence-electron chi connectivity index (χ1n) is 7.39. The van der Waals surface area contributed by atoms with E-state index < -0.39 is 0 Å². The molecule has 1 amide bonds. The van der Waals surface area contributed by atoms with Crippen LogP contribution in [0.1, 0.15) is 42.6 Å². The van der Waals surface area contributed by atoms with Gasteiger partial charge in [0.25, 0.3) is 5.91 Å². The van der Waals surface area contributed by atoms with Crippen LogP contribution in [0.4, 0.5) is 5.69 Å². The summed E-state index contributed by atoms with van der Waals surface area (Å²) in [6.07, 6.45) is 3.54. The first kappa shape index (κ1) is 13.9. The lowest BCUT2D eigenvalue weighted by molar-refractivity contribution is 0.0781. The predicted octanol–water partition coefficient (Wildman–Crippen LogP) is 2.94. The standard InChI is InChI=1S/C14H18N2O.C2H6/c1-15-10-7-11-12(14(15)17)5-4-6-13(11)16-8-2-3-9-16;1-2/h4-6H,2-3,7-10H2,1H3;1-2H3. The molecule has 0 aliphatic carbocycles. The van der Waals surface area contributed by atoms with Crippen LogP contribution < -0.4 is 4.90 Å². The zero-order valence-electron chi connectivity index (χ0n) is 12.3. The second-order valence-corrected chi connectivity index (χ2v) is 4.97. The van der Waals surface area contributed by atoms with Crippen molar-refractivity contribution < 1.29 is 4.79 Å². The summed E-state index contributed by atoms with van der Waals surface area (Å²) >= 11 is 0. The molecule has 1 saturated heterocycles. The number of rotatable bonds is 1. The first-order chi connectivity index (χ1) is 9.27. The van der Waals surface area contributed by atoms with Gasteiger partial charge in [0.2, 0.25) is 0 Å².